The summed E-state index contributed by atoms with van der Waals surface area (Å²) in [7, 11) is 0. The van der Waals surface area contributed by atoms with Gasteiger partial charge in [0.05, 0.1) is 0 Å². The summed E-state index contributed by atoms with van der Waals surface area (Å²) < 4.78 is 6.43. The van der Waals surface area contributed by atoms with E-state index < -0.39 is 0 Å². The maximum absolute atomic E-state index is 6.43. The highest BCUT2D eigenvalue weighted by atomic mass is 16.5. The van der Waals surface area contributed by atoms with Crippen LogP contribution in [0, 0.1) is 0 Å². The van der Waals surface area contributed by atoms with Gasteiger partial charge in [-0.3, -0.25) is 0 Å². The first-order valence-corrected chi connectivity index (χ1v) is 15.5. The molecule has 0 aliphatic carbocycles. The monoisotopic (exact) mass is 570 g/mol. The van der Waals surface area contributed by atoms with Gasteiger partial charge in [0.15, 0.2) is 0 Å². The van der Waals surface area contributed by atoms with E-state index in [1.165, 1.54) is 82.0 Å². The Hall–Kier alpha value is -5.92. The molecule has 208 valence electrons. The minimum Gasteiger partial charge on any atom is -0.456 e. The van der Waals surface area contributed by atoms with Gasteiger partial charge in [0.2, 0.25) is 0 Å². The Kier molecular flexibility index (Phi) is 5.06. The normalized spacial score (nSPS) is 12.2. The van der Waals surface area contributed by atoms with Crippen LogP contribution in [-0.4, -0.2) is 0 Å². The van der Waals surface area contributed by atoms with Crippen molar-refractivity contribution < 1.29 is 4.74 Å². The highest BCUT2D eigenvalue weighted by Gasteiger charge is 2.21. The molecule has 1 heteroatoms. The van der Waals surface area contributed by atoms with Crippen molar-refractivity contribution in [2.75, 3.05) is 0 Å². The highest BCUT2D eigenvalue weighted by Crippen LogP contribution is 2.48. The topological polar surface area (TPSA) is 9.23 Å². The summed E-state index contributed by atoms with van der Waals surface area (Å²) in [6.45, 7) is 0. The third-order valence-electron chi connectivity index (χ3n) is 9.57. The molecule has 0 saturated heterocycles. The van der Waals surface area contributed by atoms with E-state index in [1.807, 2.05) is 0 Å². The Morgan fingerprint density at radius 3 is 1.76 bits per heavy atom. The molecule has 9 aromatic carbocycles. The lowest BCUT2D eigenvalue weighted by Gasteiger charge is -2.22. The predicted octanol–water partition coefficient (Wildman–Crippen LogP) is 12.5. The zero-order chi connectivity index (χ0) is 29.5. The molecule has 45 heavy (non-hydrogen) atoms. The van der Waals surface area contributed by atoms with Crippen molar-refractivity contribution in [3.05, 3.63) is 158 Å². The van der Waals surface area contributed by atoms with Gasteiger partial charge in [0.25, 0.3) is 0 Å². The number of fused-ring (bicyclic) bond motifs is 2. The second-order valence-corrected chi connectivity index (χ2v) is 12.1. The van der Waals surface area contributed by atoms with E-state index in [0.717, 1.165) is 17.1 Å². The fourth-order valence-corrected chi connectivity index (χ4v) is 7.48. The Bertz CT molecular complexity index is 2590. The molecule has 1 nitrogen and oxygen atoms in total. The van der Waals surface area contributed by atoms with Gasteiger partial charge < -0.3 is 4.74 Å². The van der Waals surface area contributed by atoms with Crippen LogP contribution >= 0.6 is 0 Å². The molecule has 9 aromatic rings. The van der Waals surface area contributed by atoms with Crippen molar-refractivity contribution in [3.8, 4) is 56.0 Å². The number of hydrogen-bond donors (Lipinski definition) is 0. The van der Waals surface area contributed by atoms with Gasteiger partial charge in [0, 0.05) is 10.9 Å². The molecular weight excluding hydrogens is 544 g/mol. The molecule has 0 bridgehead atoms. The summed E-state index contributed by atoms with van der Waals surface area (Å²) in [6.07, 6.45) is 0. The summed E-state index contributed by atoms with van der Waals surface area (Å²) in [6, 6.07) is 57.5. The first-order valence-electron chi connectivity index (χ1n) is 15.5. The molecule has 0 amide bonds. The summed E-state index contributed by atoms with van der Waals surface area (Å²) in [5, 5.41) is 10.2. The quantitative estimate of drug-likeness (QED) is 0.192. The summed E-state index contributed by atoms with van der Waals surface area (Å²) in [5.41, 5.74) is 9.58. The minimum absolute atomic E-state index is 0.899. The van der Waals surface area contributed by atoms with Gasteiger partial charge in [0.1, 0.15) is 11.5 Å². The lowest BCUT2D eigenvalue weighted by atomic mass is 9.87. The van der Waals surface area contributed by atoms with E-state index in [2.05, 4.69) is 158 Å². The standard InChI is InChI=1S/C44H26O/c1-2-7-27(8-3-1)33-23-34(32-19-22-40-39(26-32)37-13-5-11-28-12-6-14-41(45-40)43(28)37)25-35(24-33)36-20-17-31-16-15-29-9-4-10-30-18-21-38(36)44(31)42(29)30/h1-26H. The van der Waals surface area contributed by atoms with E-state index in [0.29, 0.717) is 0 Å². The minimum atomic E-state index is 0.899. The van der Waals surface area contributed by atoms with E-state index in [-0.39, 0.29) is 0 Å². The van der Waals surface area contributed by atoms with E-state index in [1.54, 1.807) is 0 Å². The summed E-state index contributed by atoms with van der Waals surface area (Å²) in [4.78, 5) is 0. The lowest BCUT2D eigenvalue weighted by molar-refractivity contribution is 0.487. The first kappa shape index (κ1) is 24.5. The van der Waals surface area contributed by atoms with Crippen LogP contribution in [0.1, 0.15) is 0 Å². The zero-order valence-electron chi connectivity index (χ0n) is 24.4. The van der Waals surface area contributed by atoms with Gasteiger partial charge in [-0.15, -0.1) is 0 Å². The van der Waals surface area contributed by atoms with Crippen molar-refractivity contribution >= 4 is 43.1 Å². The van der Waals surface area contributed by atoms with Gasteiger partial charge in [-0.1, -0.05) is 121 Å². The number of hydrogen-bond acceptors (Lipinski definition) is 1. The Morgan fingerprint density at radius 2 is 0.933 bits per heavy atom. The van der Waals surface area contributed by atoms with Gasteiger partial charge in [-0.25, -0.2) is 0 Å². The summed E-state index contributed by atoms with van der Waals surface area (Å²) >= 11 is 0. The zero-order valence-corrected chi connectivity index (χ0v) is 24.4. The molecule has 0 atom stereocenters. The highest BCUT2D eigenvalue weighted by molar-refractivity contribution is 6.25. The van der Waals surface area contributed by atoms with Crippen LogP contribution in [0.15, 0.2) is 158 Å². The Balaban J connectivity index is 1.22. The number of rotatable bonds is 3. The summed E-state index contributed by atoms with van der Waals surface area (Å²) in [5.74, 6) is 1.82. The second-order valence-electron chi connectivity index (χ2n) is 12.1. The van der Waals surface area contributed by atoms with Crippen molar-refractivity contribution in [2.45, 2.75) is 0 Å². The predicted molar refractivity (Wildman–Crippen MR) is 189 cm³/mol. The fraction of sp³-hybridized carbons (Fsp3) is 0. The molecular formula is C44H26O. The smallest absolute Gasteiger partial charge is 0.135 e. The van der Waals surface area contributed by atoms with Crippen LogP contribution in [0.5, 0.6) is 11.5 Å². The number of ether oxygens (including phenoxy) is 1. The van der Waals surface area contributed by atoms with E-state index in [4.69, 9.17) is 4.74 Å². The average Bonchev–Trinajstić information content (AvgIpc) is 3.11. The van der Waals surface area contributed by atoms with Crippen molar-refractivity contribution in [1.82, 2.24) is 0 Å². The maximum Gasteiger partial charge on any atom is 0.135 e. The molecule has 0 saturated carbocycles. The maximum atomic E-state index is 6.43. The first-order chi connectivity index (χ1) is 22.3. The van der Waals surface area contributed by atoms with Crippen LogP contribution < -0.4 is 4.74 Å². The average molecular weight is 571 g/mol. The molecule has 1 aliphatic heterocycles. The van der Waals surface area contributed by atoms with Crippen LogP contribution in [0.2, 0.25) is 0 Å². The van der Waals surface area contributed by atoms with E-state index >= 15 is 0 Å². The van der Waals surface area contributed by atoms with Crippen molar-refractivity contribution in [3.63, 3.8) is 0 Å². The van der Waals surface area contributed by atoms with Crippen LogP contribution in [0.4, 0.5) is 0 Å². The van der Waals surface area contributed by atoms with Crippen LogP contribution in [0.3, 0.4) is 0 Å². The Morgan fingerprint density at radius 1 is 0.289 bits per heavy atom. The molecule has 0 fully saturated rings. The molecule has 0 aromatic heterocycles. The third kappa shape index (κ3) is 3.68. The molecule has 0 radical (unpaired) electrons. The molecule has 1 heterocycles. The second kappa shape index (κ2) is 9.29. The SMILES string of the molecule is c1ccc(-c2cc(-c3ccc4c(c3)-c3cccc5cccc(c35)O4)cc(-c3ccc4ccc5cccc6ccc3c4c56)c2)cc1. The van der Waals surface area contributed by atoms with Crippen LogP contribution in [0.25, 0.3) is 87.6 Å². The van der Waals surface area contributed by atoms with Crippen LogP contribution in [-0.2, 0) is 0 Å². The number of benzene rings is 9. The molecule has 0 spiro atoms. The van der Waals surface area contributed by atoms with E-state index in [9.17, 15) is 0 Å². The molecule has 0 N–H and O–H groups in total. The van der Waals surface area contributed by atoms with Gasteiger partial charge in [-0.2, -0.15) is 0 Å². The fourth-order valence-electron chi connectivity index (χ4n) is 7.48. The van der Waals surface area contributed by atoms with Gasteiger partial charge >= 0.3 is 0 Å². The largest absolute Gasteiger partial charge is 0.456 e. The van der Waals surface area contributed by atoms with Crippen molar-refractivity contribution in [1.29, 1.82) is 0 Å². The van der Waals surface area contributed by atoms with Crippen molar-refractivity contribution in [2.24, 2.45) is 0 Å². The third-order valence-corrected chi connectivity index (χ3v) is 9.57. The molecule has 10 rings (SSSR count). The molecule has 1 aliphatic rings. The lowest BCUT2D eigenvalue weighted by Crippen LogP contribution is -1.97. The Labute approximate surface area is 260 Å². The van der Waals surface area contributed by atoms with Gasteiger partial charge in [-0.05, 0) is 113 Å². The molecule has 0 unspecified atom stereocenters.